The maximum Gasteiger partial charge on any atom is 0.360 e. The van der Waals surface area contributed by atoms with E-state index in [2.05, 4.69) is 14.7 Å². The average Bonchev–Trinajstić information content (AvgIpc) is 2.79. The van der Waals surface area contributed by atoms with Crippen molar-refractivity contribution < 1.29 is 19.4 Å². The Morgan fingerprint density at radius 1 is 1.68 bits per heavy atom. The number of amides is 1. The highest BCUT2D eigenvalue weighted by molar-refractivity contribution is 6.29. The lowest BCUT2D eigenvalue weighted by atomic mass is 10.1. The number of methoxy groups -OCH3 is 1. The molecule has 0 bridgehead atoms. The average molecular weight is 286 g/mol. The van der Waals surface area contributed by atoms with Gasteiger partial charge in [-0.2, -0.15) is 0 Å². The molecule has 1 saturated heterocycles. The number of halogens is 1. The second-order valence-electron chi connectivity index (χ2n) is 4.11. The number of aliphatic hydroxyl groups excluding tert-OH is 1. The summed E-state index contributed by atoms with van der Waals surface area (Å²) in [5.41, 5.74) is -0.109. The van der Waals surface area contributed by atoms with Crippen LogP contribution >= 0.6 is 11.6 Å². The molecule has 1 amide bonds. The van der Waals surface area contributed by atoms with Gasteiger partial charge in [-0.15, -0.1) is 0 Å². The fourth-order valence-electron chi connectivity index (χ4n) is 1.90. The van der Waals surface area contributed by atoms with Crippen LogP contribution in [0.4, 0.5) is 5.82 Å². The number of hydrogen-bond acceptors (Lipinski definition) is 6. The van der Waals surface area contributed by atoms with Crippen LogP contribution in [0.1, 0.15) is 16.9 Å². The van der Waals surface area contributed by atoms with E-state index in [1.807, 2.05) is 0 Å². The summed E-state index contributed by atoms with van der Waals surface area (Å²) in [5, 5.41) is 9.13. The van der Waals surface area contributed by atoms with E-state index < -0.39 is 5.97 Å². The molecular weight excluding hydrogens is 274 g/mol. The minimum absolute atomic E-state index is 0.0366. The number of anilines is 1. The molecule has 0 spiro atoms. The van der Waals surface area contributed by atoms with Crippen molar-refractivity contribution in [3.8, 4) is 0 Å². The molecule has 1 aromatic rings. The van der Waals surface area contributed by atoms with Crippen LogP contribution < -0.4 is 4.90 Å². The fraction of sp³-hybridized carbons (Fsp3) is 0.455. The van der Waals surface area contributed by atoms with Gasteiger partial charge in [0.2, 0.25) is 5.91 Å². The Balaban J connectivity index is 2.39. The zero-order valence-electron chi connectivity index (χ0n) is 10.2. The number of esters is 1. The normalized spacial score (nSPS) is 18.8. The second kappa shape index (κ2) is 5.50. The zero-order chi connectivity index (χ0) is 14.0. The van der Waals surface area contributed by atoms with E-state index in [-0.39, 0.29) is 48.1 Å². The number of carbonyl (C=O) groups is 2. The molecule has 0 saturated carbocycles. The third kappa shape index (κ3) is 2.66. The molecule has 0 aliphatic carbocycles. The van der Waals surface area contributed by atoms with Crippen LogP contribution in [0.5, 0.6) is 0 Å². The largest absolute Gasteiger partial charge is 0.464 e. The van der Waals surface area contributed by atoms with E-state index in [1.54, 1.807) is 0 Å². The molecule has 19 heavy (non-hydrogen) atoms. The Bertz CT molecular complexity index is 523. The zero-order valence-corrected chi connectivity index (χ0v) is 10.9. The lowest BCUT2D eigenvalue weighted by Crippen LogP contribution is -2.28. The van der Waals surface area contributed by atoms with Crippen molar-refractivity contribution in [2.75, 3.05) is 25.2 Å². The molecule has 1 aliphatic heterocycles. The maximum atomic E-state index is 11.9. The van der Waals surface area contributed by atoms with Gasteiger partial charge in [0.05, 0.1) is 13.3 Å². The topological polar surface area (TPSA) is 92.6 Å². The summed E-state index contributed by atoms with van der Waals surface area (Å²) in [4.78, 5) is 32.6. The first-order valence-corrected chi connectivity index (χ1v) is 5.96. The second-order valence-corrected chi connectivity index (χ2v) is 4.50. The van der Waals surface area contributed by atoms with Gasteiger partial charge in [0.25, 0.3) is 0 Å². The number of ether oxygens (including phenoxy) is 1. The molecular formula is C11H12ClN3O4. The molecule has 1 N–H and O–H groups in total. The summed E-state index contributed by atoms with van der Waals surface area (Å²) in [5.74, 6) is -1.00. The fourth-order valence-corrected chi connectivity index (χ4v) is 2.03. The van der Waals surface area contributed by atoms with Crippen molar-refractivity contribution in [1.29, 1.82) is 0 Å². The molecule has 1 aromatic heterocycles. The van der Waals surface area contributed by atoms with Gasteiger partial charge in [-0.1, -0.05) is 11.6 Å². The Morgan fingerprint density at radius 3 is 3.00 bits per heavy atom. The summed E-state index contributed by atoms with van der Waals surface area (Å²) in [6.07, 6.45) is 1.46. The number of rotatable bonds is 3. The number of aliphatic hydroxyl groups is 1. The van der Waals surface area contributed by atoms with E-state index in [9.17, 15) is 9.59 Å². The predicted molar refractivity (Wildman–Crippen MR) is 65.9 cm³/mol. The van der Waals surface area contributed by atoms with Gasteiger partial charge in [-0.05, 0) is 0 Å². The van der Waals surface area contributed by atoms with Crippen LogP contribution in [0.3, 0.4) is 0 Å². The van der Waals surface area contributed by atoms with Gasteiger partial charge in [-0.3, -0.25) is 9.69 Å². The minimum Gasteiger partial charge on any atom is -0.464 e. The van der Waals surface area contributed by atoms with E-state index >= 15 is 0 Å². The first kappa shape index (κ1) is 13.7. The van der Waals surface area contributed by atoms with Crippen molar-refractivity contribution in [3.63, 3.8) is 0 Å². The summed E-state index contributed by atoms with van der Waals surface area (Å²) in [6.45, 7) is 0.187. The first-order valence-electron chi connectivity index (χ1n) is 5.59. The lowest BCUT2D eigenvalue weighted by molar-refractivity contribution is -0.117. The van der Waals surface area contributed by atoms with E-state index in [4.69, 9.17) is 16.7 Å². The number of carbonyl (C=O) groups excluding carboxylic acids is 2. The van der Waals surface area contributed by atoms with Crippen molar-refractivity contribution in [3.05, 3.63) is 17.0 Å². The third-order valence-corrected chi connectivity index (χ3v) is 3.00. The molecule has 102 valence electrons. The number of aromatic nitrogens is 2. The van der Waals surface area contributed by atoms with Crippen molar-refractivity contribution in [2.45, 2.75) is 6.42 Å². The summed E-state index contributed by atoms with van der Waals surface area (Å²) in [6, 6.07) is 0. The van der Waals surface area contributed by atoms with Crippen LogP contribution in [-0.4, -0.2) is 47.2 Å². The molecule has 0 aromatic carbocycles. The molecule has 2 rings (SSSR count). The third-order valence-electron chi connectivity index (χ3n) is 2.82. The monoisotopic (exact) mass is 285 g/mol. The van der Waals surface area contributed by atoms with Crippen LogP contribution in [0.15, 0.2) is 6.20 Å². The molecule has 8 heteroatoms. The molecule has 1 unspecified atom stereocenters. The lowest BCUT2D eigenvalue weighted by Gasteiger charge is -2.17. The Morgan fingerprint density at radius 2 is 2.42 bits per heavy atom. The van der Waals surface area contributed by atoms with E-state index in [0.717, 1.165) is 0 Å². The number of hydrogen-bond donors (Lipinski definition) is 1. The smallest absolute Gasteiger partial charge is 0.360 e. The van der Waals surface area contributed by atoms with E-state index in [0.29, 0.717) is 0 Å². The summed E-state index contributed by atoms with van der Waals surface area (Å²) < 4.78 is 4.59. The molecule has 7 nitrogen and oxygen atoms in total. The van der Waals surface area contributed by atoms with Crippen LogP contribution in [0.25, 0.3) is 0 Å². The first-order chi connectivity index (χ1) is 9.06. The maximum absolute atomic E-state index is 11.9. The minimum atomic E-state index is -0.717. The van der Waals surface area contributed by atoms with Gasteiger partial charge >= 0.3 is 5.97 Å². The standard InChI is InChI=1S/C11H12ClN3O4/c1-19-11(18)9-10(13-3-7(12)14-9)15-4-6(5-16)2-8(15)17/h3,6,16H,2,4-5H2,1H3. The van der Waals surface area contributed by atoms with E-state index in [1.165, 1.54) is 18.2 Å². The summed E-state index contributed by atoms with van der Waals surface area (Å²) >= 11 is 5.69. The van der Waals surface area contributed by atoms with Gasteiger partial charge in [0, 0.05) is 25.5 Å². The predicted octanol–water partition coefficient (Wildman–Crippen LogP) is 0.262. The van der Waals surface area contributed by atoms with Crippen LogP contribution in [-0.2, 0) is 9.53 Å². The highest BCUT2D eigenvalue weighted by Gasteiger charge is 2.34. The highest BCUT2D eigenvalue weighted by atomic mass is 35.5. The Labute approximate surface area is 114 Å². The van der Waals surface area contributed by atoms with Gasteiger partial charge < -0.3 is 9.84 Å². The van der Waals surface area contributed by atoms with Crippen molar-refractivity contribution >= 4 is 29.3 Å². The van der Waals surface area contributed by atoms with Crippen LogP contribution in [0.2, 0.25) is 5.15 Å². The molecule has 1 atom stereocenters. The molecule has 2 heterocycles. The van der Waals surface area contributed by atoms with Crippen molar-refractivity contribution in [1.82, 2.24) is 9.97 Å². The molecule has 1 aliphatic rings. The molecule has 0 radical (unpaired) electrons. The van der Waals surface area contributed by atoms with Gasteiger partial charge in [0.15, 0.2) is 11.5 Å². The Hall–Kier alpha value is -1.73. The quantitative estimate of drug-likeness (QED) is 0.801. The Kier molecular flexibility index (Phi) is 3.96. The summed E-state index contributed by atoms with van der Waals surface area (Å²) in [7, 11) is 1.21. The SMILES string of the molecule is COC(=O)c1nc(Cl)cnc1N1CC(CO)CC1=O. The van der Waals surface area contributed by atoms with Crippen molar-refractivity contribution in [2.24, 2.45) is 5.92 Å². The number of nitrogens with zero attached hydrogens (tertiary/aromatic N) is 3. The molecule has 1 fully saturated rings. The van der Waals surface area contributed by atoms with Gasteiger partial charge in [0.1, 0.15) is 5.15 Å². The van der Waals surface area contributed by atoms with Crippen LogP contribution in [0, 0.1) is 5.92 Å². The van der Waals surface area contributed by atoms with Gasteiger partial charge in [-0.25, -0.2) is 14.8 Å². The highest BCUT2D eigenvalue weighted by Crippen LogP contribution is 2.26.